The highest BCUT2D eigenvalue weighted by Crippen LogP contribution is 2.11. The summed E-state index contributed by atoms with van der Waals surface area (Å²) in [6, 6.07) is 0.292. The summed E-state index contributed by atoms with van der Waals surface area (Å²) < 4.78 is 5.40. The molecule has 0 aromatic heterocycles. The monoisotopic (exact) mass is 226 g/mol. The van der Waals surface area contributed by atoms with Crippen molar-refractivity contribution in [2.75, 3.05) is 26.3 Å². The molecule has 1 N–H and O–H groups in total. The van der Waals surface area contributed by atoms with Crippen LogP contribution < -0.4 is 5.32 Å². The lowest BCUT2D eigenvalue weighted by Gasteiger charge is -2.28. The highest BCUT2D eigenvalue weighted by molar-refractivity contribution is 5.81. The quantitative estimate of drug-likeness (QED) is 0.772. The van der Waals surface area contributed by atoms with Crippen molar-refractivity contribution in [3.8, 4) is 0 Å². The Balaban J connectivity index is 1.77. The second-order valence-corrected chi connectivity index (χ2v) is 4.83. The van der Waals surface area contributed by atoms with Gasteiger partial charge in [-0.3, -0.25) is 4.79 Å². The van der Waals surface area contributed by atoms with Crippen molar-refractivity contribution in [1.82, 2.24) is 10.2 Å². The van der Waals surface area contributed by atoms with Gasteiger partial charge in [0.15, 0.2) is 0 Å². The van der Waals surface area contributed by atoms with Gasteiger partial charge < -0.3 is 15.0 Å². The third-order valence-corrected chi connectivity index (χ3v) is 3.43. The molecule has 0 aromatic rings. The van der Waals surface area contributed by atoms with E-state index in [0.717, 1.165) is 52.0 Å². The topological polar surface area (TPSA) is 41.6 Å². The first-order chi connectivity index (χ1) is 7.77. The van der Waals surface area contributed by atoms with Crippen molar-refractivity contribution < 1.29 is 9.53 Å². The Hall–Kier alpha value is -0.610. The van der Waals surface area contributed by atoms with Crippen LogP contribution in [0.1, 0.15) is 32.6 Å². The molecular weight excluding hydrogens is 204 g/mol. The first-order valence-corrected chi connectivity index (χ1v) is 6.40. The molecule has 92 valence electrons. The summed E-state index contributed by atoms with van der Waals surface area (Å²) in [7, 11) is 0. The number of ether oxygens (including phenoxy) is 1. The third kappa shape index (κ3) is 2.95. The van der Waals surface area contributed by atoms with E-state index in [1.165, 1.54) is 0 Å². The number of carbonyl (C=O) groups is 1. The first-order valence-electron chi connectivity index (χ1n) is 6.40. The van der Waals surface area contributed by atoms with Crippen LogP contribution in [0.2, 0.25) is 0 Å². The lowest BCUT2D eigenvalue weighted by Crippen LogP contribution is -2.49. The number of carbonyl (C=O) groups excluding carboxylic acids is 1. The molecule has 2 atom stereocenters. The molecule has 4 heteroatoms. The molecule has 1 amide bonds. The maximum atomic E-state index is 12.0. The smallest absolute Gasteiger partial charge is 0.239 e. The molecule has 4 nitrogen and oxygen atoms in total. The van der Waals surface area contributed by atoms with Gasteiger partial charge in [0, 0.05) is 25.7 Å². The summed E-state index contributed by atoms with van der Waals surface area (Å²) >= 11 is 0. The first kappa shape index (κ1) is 11.9. The molecule has 0 bridgehead atoms. The lowest BCUT2D eigenvalue weighted by atomic mass is 10.1. The fourth-order valence-electron chi connectivity index (χ4n) is 2.51. The molecule has 2 fully saturated rings. The van der Waals surface area contributed by atoms with Gasteiger partial charge in [0.2, 0.25) is 5.91 Å². The van der Waals surface area contributed by atoms with Gasteiger partial charge >= 0.3 is 0 Å². The Labute approximate surface area is 97.3 Å². The fraction of sp³-hybridized carbons (Fsp3) is 0.917. The number of nitrogens with zero attached hydrogens (tertiary/aromatic N) is 1. The number of likely N-dealkylation sites (tertiary alicyclic amines) is 1. The van der Waals surface area contributed by atoms with Crippen LogP contribution in [0.4, 0.5) is 0 Å². The Morgan fingerprint density at radius 1 is 1.38 bits per heavy atom. The molecule has 2 aliphatic rings. The summed E-state index contributed by atoms with van der Waals surface area (Å²) in [5.41, 5.74) is 0. The van der Waals surface area contributed by atoms with Crippen LogP contribution in [-0.2, 0) is 9.53 Å². The van der Waals surface area contributed by atoms with E-state index < -0.39 is 0 Å². The van der Waals surface area contributed by atoms with E-state index >= 15 is 0 Å². The van der Waals surface area contributed by atoms with Crippen LogP contribution >= 0.6 is 0 Å². The van der Waals surface area contributed by atoms with Gasteiger partial charge in [-0.1, -0.05) is 0 Å². The average molecular weight is 226 g/mol. The van der Waals surface area contributed by atoms with E-state index in [4.69, 9.17) is 4.74 Å². The molecule has 16 heavy (non-hydrogen) atoms. The van der Waals surface area contributed by atoms with Crippen molar-refractivity contribution in [3.63, 3.8) is 0 Å². The van der Waals surface area contributed by atoms with E-state index in [2.05, 4.69) is 5.32 Å². The minimum Gasteiger partial charge on any atom is -0.380 e. The van der Waals surface area contributed by atoms with E-state index in [0.29, 0.717) is 6.04 Å². The van der Waals surface area contributed by atoms with Crippen molar-refractivity contribution in [2.45, 2.75) is 44.7 Å². The summed E-state index contributed by atoms with van der Waals surface area (Å²) in [6.07, 6.45) is 4.54. The van der Waals surface area contributed by atoms with Gasteiger partial charge in [0.25, 0.3) is 0 Å². The second-order valence-electron chi connectivity index (χ2n) is 4.83. The largest absolute Gasteiger partial charge is 0.380 e. The van der Waals surface area contributed by atoms with Crippen LogP contribution in [-0.4, -0.2) is 49.2 Å². The number of hydrogen-bond donors (Lipinski definition) is 1. The number of rotatable bonds is 3. The maximum Gasteiger partial charge on any atom is 0.239 e. The predicted molar refractivity (Wildman–Crippen MR) is 62.3 cm³/mol. The molecular formula is C12H22N2O2. The minimum atomic E-state index is -0.0650. The van der Waals surface area contributed by atoms with Gasteiger partial charge in [-0.25, -0.2) is 0 Å². The molecule has 2 rings (SSSR count). The molecule has 0 saturated carbocycles. The molecule has 0 spiro atoms. The molecule has 2 heterocycles. The number of amides is 1. The van der Waals surface area contributed by atoms with E-state index in [9.17, 15) is 4.79 Å². The zero-order chi connectivity index (χ0) is 11.4. The molecule has 0 aromatic carbocycles. The Morgan fingerprint density at radius 2 is 2.12 bits per heavy atom. The summed E-state index contributed by atoms with van der Waals surface area (Å²) in [5, 5.41) is 3.38. The van der Waals surface area contributed by atoms with Gasteiger partial charge in [0.1, 0.15) is 0 Å². The highest BCUT2D eigenvalue weighted by Gasteiger charge is 2.25. The Kier molecular flexibility index (Phi) is 4.18. The second kappa shape index (κ2) is 5.64. The Bertz CT molecular complexity index is 233. The summed E-state index contributed by atoms with van der Waals surface area (Å²) in [6.45, 7) is 5.46. The molecule has 2 aliphatic heterocycles. The molecule has 0 radical (unpaired) electrons. The van der Waals surface area contributed by atoms with Gasteiger partial charge in [-0.15, -0.1) is 0 Å². The summed E-state index contributed by atoms with van der Waals surface area (Å²) in [5.74, 6) is 0.253. The van der Waals surface area contributed by atoms with Crippen LogP contribution in [0.3, 0.4) is 0 Å². The van der Waals surface area contributed by atoms with Crippen molar-refractivity contribution in [3.05, 3.63) is 0 Å². The van der Waals surface area contributed by atoms with Crippen LogP contribution in [0, 0.1) is 0 Å². The average Bonchev–Trinajstić information content (AvgIpc) is 2.83. The zero-order valence-corrected chi connectivity index (χ0v) is 10.1. The third-order valence-electron chi connectivity index (χ3n) is 3.43. The van der Waals surface area contributed by atoms with Gasteiger partial charge in [0.05, 0.1) is 12.6 Å². The van der Waals surface area contributed by atoms with Gasteiger partial charge in [-0.05, 0) is 32.6 Å². The van der Waals surface area contributed by atoms with E-state index in [1.54, 1.807) is 0 Å². The SMILES string of the molecule is CC(NC1CCCOC1)C(=O)N1CCCC1. The standard InChI is InChI=1S/C12H22N2O2/c1-10(12(15)14-6-2-3-7-14)13-11-5-4-8-16-9-11/h10-11,13H,2-9H2,1H3. The predicted octanol–water partition coefficient (Wildman–Crippen LogP) is 0.766. The van der Waals surface area contributed by atoms with Crippen molar-refractivity contribution >= 4 is 5.91 Å². The number of nitrogens with one attached hydrogen (secondary N) is 1. The maximum absolute atomic E-state index is 12.0. The fourth-order valence-corrected chi connectivity index (χ4v) is 2.51. The Morgan fingerprint density at radius 3 is 2.75 bits per heavy atom. The summed E-state index contributed by atoms with van der Waals surface area (Å²) in [4.78, 5) is 14.0. The molecule has 0 aliphatic carbocycles. The number of hydrogen-bond acceptors (Lipinski definition) is 3. The lowest BCUT2D eigenvalue weighted by molar-refractivity contribution is -0.132. The zero-order valence-electron chi connectivity index (χ0n) is 10.1. The van der Waals surface area contributed by atoms with E-state index in [1.807, 2.05) is 11.8 Å². The van der Waals surface area contributed by atoms with Crippen LogP contribution in [0.5, 0.6) is 0 Å². The minimum absolute atomic E-state index is 0.0650. The van der Waals surface area contributed by atoms with Gasteiger partial charge in [-0.2, -0.15) is 0 Å². The van der Waals surface area contributed by atoms with Crippen LogP contribution in [0.15, 0.2) is 0 Å². The molecule has 2 unspecified atom stereocenters. The highest BCUT2D eigenvalue weighted by atomic mass is 16.5. The van der Waals surface area contributed by atoms with Crippen molar-refractivity contribution in [1.29, 1.82) is 0 Å². The van der Waals surface area contributed by atoms with E-state index in [-0.39, 0.29) is 11.9 Å². The normalized spacial score (nSPS) is 28.1. The molecule has 2 saturated heterocycles. The van der Waals surface area contributed by atoms with Crippen molar-refractivity contribution in [2.24, 2.45) is 0 Å². The van der Waals surface area contributed by atoms with Crippen LogP contribution in [0.25, 0.3) is 0 Å².